The van der Waals surface area contributed by atoms with Crippen molar-refractivity contribution in [3.63, 3.8) is 0 Å². The quantitative estimate of drug-likeness (QED) is 0.719. The number of thiophene rings is 1. The van der Waals surface area contributed by atoms with Crippen molar-refractivity contribution in [3.8, 4) is 0 Å². The molecule has 19 heavy (non-hydrogen) atoms. The summed E-state index contributed by atoms with van der Waals surface area (Å²) in [7, 11) is 0. The lowest BCUT2D eigenvalue weighted by molar-refractivity contribution is -0.142. The van der Waals surface area contributed by atoms with E-state index in [9.17, 15) is 9.59 Å². The molecule has 1 aromatic heterocycles. The summed E-state index contributed by atoms with van der Waals surface area (Å²) in [5, 5.41) is 18.2. The van der Waals surface area contributed by atoms with Crippen LogP contribution in [0.1, 0.15) is 25.8 Å². The fourth-order valence-electron chi connectivity index (χ4n) is 1.69. The first kappa shape index (κ1) is 15.5. The highest BCUT2D eigenvalue weighted by atomic mass is 32.1. The van der Waals surface area contributed by atoms with Crippen LogP contribution in [0.15, 0.2) is 16.8 Å². The van der Waals surface area contributed by atoms with Crippen molar-refractivity contribution in [2.24, 2.45) is 11.8 Å². The molecule has 1 heterocycles. The highest BCUT2D eigenvalue weighted by molar-refractivity contribution is 7.07. The summed E-state index contributed by atoms with van der Waals surface area (Å²) in [4.78, 5) is 22.6. The van der Waals surface area contributed by atoms with Gasteiger partial charge in [0.1, 0.15) is 0 Å². The summed E-state index contributed by atoms with van der Waals surface area (Å²) in [6.45, 7) is 4.54. The number of carboxylic acids is 1. The minimum absolute atomic E-state index is 0.156. The third-order valence-corrected chi connectivity index (χ3v) is 3.38. The van der Waals surface area contributed by atoms with Crippen LogP contribution in [0.4, 0.5) is 4.79 Å². The van der Waals surface area contributed by atoms with Gasteiger partial charge in [-0.25, -0.2) is 4.79 Å². The topological polar surface area (TPSA) is 78.4 Å². The molecule has 1 rings (SSSR count). The predicted octanol–water partition coefficient (Wildman–Crippen LogP) is 2.29. The maximum absolute atomic E-state index is 11.5. The van der Waals surface area contributed by atoms with Gasteiger partial charge >= 0.3 is 12.0 Å². The molecular weight excluding hydrogens is 264 g/mol. The molecule has 0 aliphatic heterocycles. The van der Waals surface area contributed by atoms with Gasteiger partial charge in [0, 0.05) is 13.1 Å². The maximum Gasteiger partial charge on any atom is 0.315 e. The van der Waals surface area contributed by atoms with Gasteiger partial charge in [-0.05, 0) is 34.7 Å². The molecule has 0 saturated carbocycles. The number of amides is 2. The van der Waals surface area contributed by atoms with Crippen LogP contribution in [0.5, 0.6) is 0 Å². The van der Waals surface area contributed by atoms with Crippen LogP contribution in [-0.2, 0) is 11.3 Å². The monoisotopic (exact) mass is 284 g/mol. The van der Waals surface area contributed by atoms with Crippen molar-refractivity contribution in [1.82, 2.24) is 10.6 Å². The molecule has 0 bridgehead atoms. The summed E-state index contributed by atoms with van der Waals surface area (Å²) < 4.78 is 0. The number of hydrogen-bond donors (Lipinski definition) is 3. The number of carbonyl (C=O) groups is 2. The molecule has 106 valence electrons. The third-order valence-electron chi connectivity index (χ3n) is 2.65. The Bertz CT molecular complexity index is 404. The van der Waals surface area contributed by atoms with Crippen molar-refractivity contribution in [1.29, 1.82) is 0 Å². The Morgan fingerprint density at radius 2 is 2.11 bits per heavy atom. The second-order valence-electron chi connectivity index (χ2n) is 4.86. The zero-order valence-corrected chi connectivity index (χ0v) is 12.0. The summed E-state index contributed by atoms with van der Waals surface area (Å²) >= 11 is 1.57. The molecule has 0 radical (unpaired) electrons. The van der Waals surface area contributed by atoms with E-state index in [0.717, 1.165) is 5.56 Å². The van der Waals surface area contributed by atoms with E-state index in [1.165, 1.54) is 0 Å². The van der Waals surface area contributed by atoms with E-state index in [4.69, 9.17) is 5.11 Å². The lowest BCUT2D eigenvalue weighted by Crippen LogP contribution is -2.39. The average molecular weight is 284 g/mol. The molecule has 0 fully saturated rings. The van der Waals surface area contributed by atoms with Crippen LogP contribution < -0.4 is 10.6 Å². The van der Waals surface area contributed by atoms with Gasteiger partial charge < -0.3 is 15.7 Å². The van der Waals surface area contributed by atoms with Crippen LogP contribution in [0.25, 0.3) is 0 Å². The molecular formula is C13H20N2O3S. The van der Waals surface area contributed by atoms with Gasteiger partial charge in [-0.15, -0.1) is 0 Å². The zero-order chi connectivity index (χ0) is 14.3. The summed E-state index contributed by atoms with van der Waals surface area (Å²) in [6, 6.07) is 1.60. The minimum Gasteiger partial charge on any atom is -0.481 e. The van der Waals surface area contributed by atoms with Crippen molar-refractivity contribution >= 4 is 23.3 Å². The molecule has 3 N–H and O–H groups in total. The van der Waals surface area contributed by atoms with Gasteiger partial charge in [0.05, 0.1) is 5.92 Å². The SMILES string of the molecule is CC(C)CC(CNC(=O)NCc1ccsc1)C(=O)O. The maximum atomic E-state index is 11.5. The zero-order valence-electron chi connectivity index (χ0n) is 11.2. The second kappa shape index (κ2) is 7.78. The van der Waals surface area contributed by atoms with Crippen molar-refractivity contribution in [2.45, 2.75) is 26.8 Å². The Hall–Kier alpha value is -1.56. The first-order valence-corrected chi connectivity index (χ1v) is 7.19. The Morgan fingerprint density at radius 3 is 2.63 bits per heavy atom. The Morgan fingerprint density at radius 1 is 1.37 bits per heavy atom. The van der Waals surface area contributed by atoms with E-state index in [-0.39, 0.29) is 18.5 Å². The van der Waals surface area contributed by atoms with Gasteiger partial charge in [-0.1, -0.05) is 13.8 Å². The van der Waals surface area contributed by atoms with E-state index in [2.05, 4.69) is 10.6 Å². The molecule has 0 spiro atoms. The fourth-order valence-corrected chi connectivity index (χ4v) is 2.36. The predicted molar refractivity (Wildman–Crippen MR) is 75.1 cm³/mol. The Labute approximate surface area is 117 Å². The van der Waals surface area contributed by atoms with E-state index in [1.807, 2.05) is 30.7 Å². The lowest BCUT2D eigenvalue weighted by atomic mass is 9.97. The van der Waals surface area contributed by atoms with E-state index >= 15 is 0 Å². The van der Waals surface area contributed by atoms with Gasteiger partial charge in [0.25, 0.3) is 0 Å². The number of hydrogen-bond acceptors (Lipinski definition) is 3. The largest absolute Gasteiger partial charge is 0.481 e. The van der Waals surface area contributed by atoms with Crippen molar-refractivity contribution in [3.05, 3.63) is 22.4 Å². The molecule has 2 amide bonds. The first-order valence-electron chi connectivity index (χ1n) is 6.24. The molecule has 0 saturated heterocycles. The normalized spacial score (nSPS) is 12.2. The van der Waals surface area contributed by atoms with Crippen LogP contribution in [0.3, 0.4) is 0 Å². The number of aliphatic carboxylic acids is 1. The average Bonchev–Trinajstić information content (AvgIpc) is 2.84. The molecule has 1 aromatic rings. The molecule has 6 heteroatoms. The lowest BCUT2D eigenvalue weighted by Gasteiger charge is -2.15. The molecule has 1 unspecified atom stereocenters. The summed E-state index contributed by atoms with van der Waals surface area (Å²) in [5.74, 6) is -1.12. The third kappa shape index (κ3) is 6.24. The van der Waals surface area contributed by atoms with Gasteiger partial charge in [0.15, 0.2) is 0 Å². The van der Waals surface area contributed by atoms with Gasteiger partial charge in [-0.3, -0.25) is 4.79 Å². The molecule has 0 aliphatic carbocycles. The first-order chi connectivity index (χ1) is 8.99. The number of urea groups is 1. The second-order valence-corrected chi connectivity index (χ2v) is 5.64. The summed E-state index contributed by atoms with van der Waals surface area (Å²) in [5.41, 5.74) is 1.04. The van der Waals surface area contributed by atoms with E-state index < -0.39 is 11.9 Å². The molecule has 1 atom stereocenters. The van der Waals surface area contributed by atoms with Gasteiger partial charge in [-0.2, -0.15) is 11.3 Å². The standard InChI is InChI=1S/C13H20N2O3S/c1-9(2)5-11(12(16)17)7-15-13(18)14-6-10-3-4-19-8-10/h3-4,8-9,11H,5-7H2,1-2H3,(H,16,17)(H2,14,15,18). The van der Waals surface area contributed by atoms with E-state index in [0.29, 0.717) is 13.0 Å². The smallest absolute Gasteiger partial charge is 0.315 e. The fraction of sp³-hybridized carbons (Fsp3) is 0.538. The van der Waals surface area contributed by atoms with Crippen LogP contribution in [-0.4, -0.2) is 23.7 Å². The minimum atomic E-state index is -0.869. The summed E-state index contributed by atoms with van der Waals surface area (Å²) in [6.07, 6.45) is 0.556. The molecule has 5 nitrogen and oxygen atoms in total. The van der Waals surface area contributed by atoms with Crippen LogP contribution >= 0.6 is 11.3 Å². The number of carboxylic acid groups (broad SMARTS) is 1. The Balaban J connectivity index is 2.29. The number of rotatable bonds is 7. The van der Waals surface area contributed by atoms with E-state index in [1.54, 1.807) is 11.3 Å². The van der Waals surface area contributed by atoms with Crippen LogP contribution in [0.2, 0.25) is 0 Å². The van der Waals surface area contributed by atoms with Crippen LogP contribution in [0, 0.1) is 11.8 Å². The number of carbonyl (C=O) groups excluding carboxylic acids is 1. The number of nitrogens with one attached hydrogen (secondary N) is 2. The molecule has 0 aromatic carbocycles. The molecule has 0 aliphatic rings. The van der Waals surface area contributed by atoms with Gasteiger partial charge in [0.2, 0.25) is 0 Å². The highest BCUT2D eigenvalue weighted by Gasteiger charge is 2.19. The Kier molecular flexibility index (Phi) is 6.35. The van der Waals surface area contributed by atoms with Crippen molar-refractivity contribution < 1.29 is 14.7 Å². The highest BCUT2D eigenvalue weighted by Crippen LogP contribution is 2.11. The van der Waals surface area contributed by atoms with Crippen molar-refractivity contribution in [2.75, 3.05) is 6.54 Å².